The van der Waals surface area contributed by atoms with Gasteiger partial charge in [-0.1, -0.05) is 26.2 Å². The molecule has 1 saturated carbocycles. The summed E-state index contributed by atoms with van der Waals surface area (Å²) in [5.41, 5.74) is -0.515. The minimum atomic E-state index is -0.515. The molecule has 1 aliphatic heterocycles. The molecule has 2 aliphatic rings. The average molecular weight is 238 g/mol. The van der Waals surface area contributed by atoms with Crippen molar-refractivity contribution in [2.45, 2.75) is 64.0 Å². The Labute approximate surface area is 103 Å². The molecule has 1 N–H and O–H groups in total. The third kappa shape index (κ3) is 1.94. The molecule has 1 unspecified atom stereocenters. The standard InChI is InChI=1S/C13H22N2O2/c1-3-4-9-15-11(16)10(2)14-12(17)13(15)7-5-6-8-13/h10H,3-9H2,1-2H3,(H,14,17). The first-order valence-corrected chi connectivity index (χ1v) is 6.74. The topological polar surface area (TPSA) is 49.4 Å². The zero-order chi connectivity index (χ0) is 12.5. The molecular weight excluding hydrogens is 216 g/mol. The third-order valence-corrected chi connectivity index (χ3v) is 4.09. The summed E-state index contributed by atoms with van der Waals surface area (Å²) < 4.78 is 0. The molecule has 1 atom stereocenters. The largest absolute Gasteiger partial charge is 0.343 e. The van der Waals surface area contributed by atoms with Crippen molar-refractivity contribution in [1.82, 2.24) is 10.2 Å². The summed E-state index contributed by atoms with van der Waals surface area (Å²) in [6.07, 6.45) is 5.81. The first-order valence-electron chi connectivity index (χ1n) is 6.74. The molecule has 96 valence electrons. The number of amides is 2. The highest BCUT2D eigenvalue weighted by Gasteiger charge is 2.52. The molecule has 17 heavy (non-hydrogen) atoms. The van der Waals surface area contributed by atoms with Gasteiger partial charge in [0.15, 0.2) is 0 Å². The van der Waals surface area contributed by atoms with Crippen molar-refractivity contribution in [3.8, 4) is 0 Å². The summed E-state index contributed by atoms with van der Waals surface area (Å²) in [5.74, 6) is 0.165. The monoisotopic (exact) mass is 238 g/mol. The predicted octanol–water partition coefficient (Wildman–Crippen LogP) is 1.45. The molecule has 2 fully saturated rings. The summed E-state index contributed by atoms with van der Waals surface area (Å²) in [4.78, 5) is 26.4. The Morgan fingerprint density at radius 2 is 2.00 bits per heavy atom. The molecule has 2 amide bonds. The fourth-order valence-electron chi connectivity index (χ4n) is 3.06. The fraction of sp³-hybridized carbons (Fsp3) is 0.846. The molecule has 0 aromatic carbocycles. The molecule has 4 heteroatoms. The Morgan fingerprint density at radius 1 is 1.35 bits per heavy atom. The van der Waals surface area contributed by atoms with Gasteiger partial charge in [0.05, 0.1) is 0 Å². The van der Waals surface area contributed by atoms with E-state index in [9.17, 15) is 9.59 Å². The molecule has 0 aromatic heterocycles. The number of unbranched alkanes of at least 4 members (excludes halogenated alkanes) is 1. The van der Waals surface area contributed by atoms with Crippen LogP contribution in [-0.4, -0.2) is 34.8 Å². The second kappa shape index (κ2) is 4.67. The van der Waals surface area contributed by atoms with Crippen molar-refractivity contribution in [3.05, 3.63) is 0 Å². The molecule has 4 nitrogen and oxygen atoms in total. The van der Waals surface area contributed by atoms with Crippen molar-refractivity contribution >= 4 is 11.8 Å². The summed E-state index contributed by atoms with van der Waals surface area (Å²) in [6, 6.07) is -0.356. The van der Waals surface area contributed by atoms with Crippen LogP contribution in [0.4, 0.5) is 0 Å². The van der Waals surface area contributed by atoms with Crippen LogP contribution in [0, 0.1) is 0 Å². The normalized spacial score (nSPS) is 27.6. The van der Waals surface area contributed by atoms with Gasteiger partial charge in [0.1, 0.15) is 11.6 Å². The number of piperazine rings is 1. The van der Waals surface area contributed by atoms with E-state index in [1.54, 1.807) is 6.92 Å². The van der Waals surface area contributed by atoms with E-state index in [1.165, 1.54) is 0 Å². The minimum absolute atomic E-state index is 0.0678. The highest BCUT2D eigenvalue weighted by atomic mass is 16.2. The van der Waals surface area contributed by atoms with E-state index in [-0.39, 0.29) is 17.9 Å². The maximum Gasteiger partial charge on any atom is 0.246 e. The maximum absolute atomic E-state index is 12.2. The van der Waals surface area contributed by atoms with E-state index < -0.39 is 5.54 Å². The van der Waals surface area contributed by atoms with Gasteiger partial charge in [0.2, 0.25) is 11.8 Å². The second-order valence-corrected chi connectivity index (χ2v) is 5.28. The van der Waals surface area contributed by atoms with Gasteiger partial charge in [0, 0.05) is 6.54 Å². The molecule has 1 saturated heterocycles. The Hall–Kier alpha value is -1.06. The number of nitrogens with one attached hydrogen (secondary N) is 1. The lowest BCUT2D eigenvalue weighted by atomic mass is 9.89. The van der Waals surface area contributed by atoms with E-state index >= 15 is 0 Å². The van der Waals surface area contributed by atoms with Crippen LogP contribution >= 0.6 is 0 Å². The van der Waals surface area contributed by atoms with Gasteiger partial charge in [-0.2, -0.15) is 0 Å². The van der Waals surface area contributed by atoms with Crippen molar-refractivity contribution in [3.63, 3.8) is 0 Å². The van der Waals surface area contributed by atoms with Crippen LogP contribution < -0.4 is 5.32 Å². The van der Waals surface area contributed by atoms with Gasteiger partial charge in [-0.3, -0.25) is 9.59 Å². The number of hydrogen-bond donors (Lipinski definition) is 1. The van der Waals surface area contributed by atoms with E-state index in [0.29, 0.717) is 0 Å². The van der Waals surface area contributed by atoms with E-state index in [0.717, 1.165) is 45.1 Å². The second-order valence-electron chi connectivity index (χ2n) is 5.28. The lowest BCUT2D eigenvalue weighted by molar-refractivity contribution is -0.156. The highest BCUT2D eigenvalue weighted by molar-refractivity contribution is 5.99. The van der Waals surface area contributed by atoms with Crippen LogP contribution in [0.3, 0.4) is 0 Å². The van der Waals surface area contributed by atoms with Crippen LogP contribution in [0.2, 0.25) is 0 Å². The van der Waals surface area contributed by atoms with E-state index in [2.05, 4.69) is 12.2 Å². The first kappa shape index (κ1) is 12.4. The van der Waals surface area contributed by atoms with Gasteiger partial charge < -0.3 is 10.2 Å². The van der Waals surface area contributed by atoms with Gasteiger partial charge in [-0.05, 0) is 26.2 Å². The van der Waals surface area contributed by atoms with E-state index in [1.807, 2.05) is 4.90 Å². The molecule has 1 heterocycles. The molecule has 1 spiro atoms. The van der Waals surface area contributed by atoms with Crippen LogP contribution in [0.5, 0.6) is 0 Å². The SMILES string of the molecule is CCCCN1C(=O)C(C)NC(=O)C12CCCC2. The number of hydrogen-bond acceptors (Lipinski definition) is 2. The third-order valence-electron chi connectivity index (χ3n) is 4.09. The van der Waals surface area contributed by atoms with Crippen LogP contribution in [0.1, 0.15) is 52.4 Å². The van der Waals surface area contributed by atoms with Gasteiger partial charge in [0.25, 0.3) is 0 Å². The molecule has 0 aromatic rings. The average Bonchev–Trinajstić information content (AvgIpc) is 2.77. The maximum atomic E-state index is 12.2. The van der Waals surface area contributed by atoms with Crippen LogP contribution in [-0.2, 0) is 9.59 Å². The zero-order valence-electron chi connectivity index (χ0n) is 10.8. The Morgan fingerprint density at radius 3 is 2.59 bits per heavy atom. The summed E-state index contributed by atoms with van der Waals surface area (Å²) in [6.45, 7) is 4.62. The van der Waals surface area contributed by atoms with Crippen molar-refractivity contribution in [2.75, 3.05) is 6.54 Å². The summed E-state index contributed by atoms with van der Waals surface area (Å²) in [7, 11) is 0. The Balaban J connectivity index is 2.24. The van der Waals surface area contributed by atoms with Crippen LogP contribution in [0.15, 0.2) is 0 Å². The van der Waals surface area contributed by atoms with Crippen molar-refractivity contribution < 1.29 is 9.59 Å². The summed E-state index contributed by atoms with van der Waals surface area (Å²) in [5, 5.41) is 2.84. The lowest BCUT2D eigenvalue weighted by Crippen LogP contribution is -2.69. The van der Waals surface area contributed by atoms with Gasteiger partial charge in [-0.15, -0.1) is 0 Å². The fourth-order valence-corrected chi connectivity index (χ4v) is 3.06. The molecule has 2 rings (SSSR count). The Bertz CT molecular complexity index is 321. The molecule has 0 radical (unpaired) electrons. The number of carbonyl (C=O) groups is 2. The van der Waals surface area contributed by atoms with Gasteiger partial charge >= 0.3 is 0 Å². The lowest BCUT2D eigenvalue weighted by Gasteiger charge is -2.45. The predicted molar refractivity (Wildman–Crippen MR) is 65.4 cm³/mol. The first-order chi connectivity index (χ1) is 8.12. The number of rotatable bonds is 3. The van der Waals surface area contributed by atoms with E-state index in [4.69, 9.17) is 0 Å². The highest BCUT2D eigenvalue weighted by Crippen LogP contribution is 2.38. The summed E-state index contributed by atoms with van der Waals surface area (Å²) >= 11 is 0. The molecular formula is C13H22N2O2. The quantitative estimate of drug-likeness (QED) is 0.809. The van der Waals surface area contributed by atoms with Crippen molar-refractivity contribution in [1.29, 1.82) is 0 Å². The van der Waals surface area contributed by atoms with Crippen molar-refractivity contribution in [2.24, 2.45) is 0 Å². The molecule has 1 aliphatic carbocycles. The number of carbonyl (C=O) groups excluding carboxylic acids is 2. The minimum Gasteiger partial charge on any atom is -0.343 e. The van der Waals surface area contributed by atoms with Gasteiger partial charge in [-0.25, -0.2) is 0 Å². The van der Waals surface area contributed by atoms with Crippen LogP contribution in [0.25, 0.3) is 0 Å². The smallest absolute Gasteiger partial charge is 0.246 e. The Kier molecular flexibility index (Phi) is 3.40. The number of nitrogens with zero attached hydrogens (tertiary/aromatic N) is 1. The molecule has 0 bridgehead atoms. The zero-order valence-corrected chi connectivity index (χ0v) is 10.8.